The van der Waals surface area contributed by atoms with Crippen LogP contribution in [0, 0.1) is 19.5 Å². The Kier molecular flexibility index (Phi) is 4.31. The topological polar surface area (TPSA) is 55.2 Å². The summed E-state index contributed by atoms with van der Waals surface area (Å²) in [5.74, 6) is -0.287. The zero-order chi connectivity index (χ0) is 13.8. The Morgan fingerprint density at radius 3 is 2.74 bits per heavy atom. The molecule has 0 bridgehead atoms. The van der Waals surface area contributed by atoms with Crippen LogP contribution >= 0.6 is 22.6 Å². The van der Waals surface area contributed by atoms with E-state index in [2.05, 4.69) is 5.32 Å². The number of halogens is 2. The lowest BCUT2D eigenvalue weighted by atomic mass is 10.2. The Morgan fingerprint density at radius 1 is 1.26 bits per heavy atom. The van der Waals surface area contributed by atoms with Crippen LogP contribution in [0.25, 0.3) is 0 Å². The molecule has 0 fully saturated rings. The molecule has 4 nitrogen and oxygen atoms in total. The van der Waals surface area contributed by atoms with E-state index in [1.165, 1.54) is 24.3 Å². The van der Waals surface area contributed by atoms with Gasteiger partial charge in [0.15, 0.2) is 0 Å². The predicted octanol–water partition coefficient (Wildman–Crippen LogP) is 3.95. The van der Waals surface area contributed by atoms with E-state index in [0.29, 0.717) is 6.54 Å². The third-order valence-electron chi connectivity index (χ3n) is 2.54. The van der Waals surface area contributed by atoms with Gasteiger partial charge in [-0.2, -0.15) is 0 Å². The normalized spacial score (nSPS) is 10.2. The van der Waals surface area contributed by atoms with E-state index in [1.807, 2.05) is 22.6 Å². The van der Waals surface area contributed by atoms with Gasteiger partial charge in [-0.3, -0.25) is 10.1 Å². The number of hydrogen-bond donors (Lipinski definition) is 1. The summed E-state index contributed by atoms with van der Waals surface area (Å²) in [5, 5.41) is 13.8. The van der Waals surface area contributed by atoms with E-state index in [9.17, 15) is 14.5 Å². The lowest BCUT2D eigenvalue weighted by Crippen LogP contribution is -2.01. The summed E-state index contributed by atoms with van der Waals surface area (Å²) in [6, 6.07) is 10.9. The molecule has 0 aliphatic carbocycles. The Labute approximate surface area is 122 Å². The van der Waals surface area contributed by atoms with Gasteiger partial charge in [0.25, 0.3) is 5.69 Å². The minimum Gasteiger partial charge on any atom is -0.380 e. The van der Waals surface area contributed by atoms with Crippen molar-refractivity contribution in [2.45, 2.75) is 6.54 Å². The SMILES string of the molecule is O=[N+]([O-])c1cccc(CNc2ccc(F)cc2I)c1. The van der Waals surface area contributed by atoms with Crippen LogP contribution in [0.15, 0.2) is 42.5 Å². The fourth-order valence-corrected chi connectivity index (χ4v) is 2.28. The molecule has 0 saturated heterocycles. The first-order valence-corrected chi connectivity index (χ1v) is 6.56. The Balaban J connectivity index is 2.10. The zero-order valence-electron chi connectivity index (χ0n) is 9.77. The molecular weight excluding hydrogens is 362 g/mol. The highest BCUT2D eigenvalue weighted by Gasteiger charge is 2.06. The highest BCUT2D eigenvalue weighted by molar-refractivity contribution is 14.1. The first-order valence-electron chi connectivity index (χ1n) is 5.48. The van der Waals surface area contributed by atoms with E-state index in [0.717, 1.165) is 14.8 Å². The maximum Gasteiger partial charge on any atom is 0.269 e. The number of non-ortho nitro benzene ring substituents is 1. The second kappa shape index (κ2) is 5.96. The smallest absolute Gasteiger partial charge is 0.269 e. The Morgan fingerprint density at radius 2 is 2.05 bits per heavy atom. The van der Waals surface area contributed by atoms with E-state index in [-0.39, 0.29) is 11.5 Å². The molecule has 0 atom stereocenters. The Bertz CT molecular complexity index is 619. The molecule has 0 spiro atoms. The average molecular weight is 372 g/mol. The van der Waals surface area contributed by atoms with Crippen molar-refractivity contribution in [3.63, 3.8) is 0 Å². The van der Waals surface area contributed by atoms with Crippen LogP contribution in [-0.4, -0.2) is 4.92 Å². The Hall–Kier alpha value is -1.70. The number of nitro groups is 1. The van der Waals surface area contributed by atoms with Crippen molar-refractivity contribution in [2.75, 3.05) is 5.32 Å². The lowest BCUT2D eigenvalue weighted by Gasteiger charge is -2.08. The fourth-order valence-electron chi connectivity index (χ4n) is 1.61. The maximum atomic E-state index is 12.9. The largest absolute Gasteiger partial charge is 0.380 e. The summed E-state index contributed by atoms with van der Waals surface area (Å²) in [7, 11) is 0. The molecule has 1 N–H and O–H groups in total. The van der Waals surface area contributed by atoms with Crippen molar-refractivity contribution >= 4 is 34.0 Å². The molecule has 2 aromatic carbocycles. The summed E-state index contributed by atoms with van der Waals surface area (Å²) >= 11 is 2.04. The van der Waals surface area contributed by atoms with Gasteiger partial charge in [0.05, 0.1) is 4.92 Å². The van der Waals surface area contributed by atoms with Crippen molar-refractivity contribution < 1.29 is 9.31 Å². The quantitative estimate of drug-likeness (QED) is 0.502. The molecule has 0 unspecified atom stereocenters. The summed E-state index contributed by atoms with van der Waals surface area (Å²) in [5.41, 5.74) is 1.66. The molecule has 98 valence electrons. The van der Waals surface area contributed by atoms with Crippen LogP contribution in [-0.2, 0) is 6.54 Å². The van der Waals surface area contributed by atoms with Gasteiger partial charge in [0, 0.05) is 27.9 Å². The maximum absolute atomic E-state index is 12.9. The van der Waals surface area contributed by atoms with Crippen LogP contribution in [0.1, 0.15) is 5.56 Å². The van der Waals surface area contributed by atoms with E-state index >= 15 is 0 Å². The molecule has 2 rings (SSSR count). The lowest BCUT2D eigenvalue weighted by molar-refractivity contribution is -0.384. The second-order valence-electron chi connectivity index (χ2n) is 3.90. The number of hydrogen-bond acceptors (Lipinski definition) is 3. The molecule has 19 heavy (non-hydrogen) atoms. The van der Waals surface area contributed by atoms with Gasteiger partial charge in [-0.25, -0.2) is 4.39 Å². The number of nitrogens with zero attached hydrogens (tertiary/aromatic N) is 1. The fraction of sp³-hybridized carbons (Fsp3) is 0.0769. The van der Waals surface area contributed by atoms with Crippen LogP contribution in [0.5, 0.6) is 0 Å². The number of rotatable bonds is 4. The van der Waals surface area contributed by atoms with Gasteiger partial charge in [-0.15, -0.1) is 0 Å². The minimum absolute atomic E-state index is 0.0631. The predicted molar refractivity (Wildman–Crippen MR) is 79.5 cm³/mol. The van der Waals surface area contributed by atoms with Crippen molar-refractivity contribution in [3.8, 4) is 0 Å². The van der Waals surface area contributed by atoms with E-state index in [1.54, 1.807) is 18.2 Å². The summed E-state index contributed by atoms with van der Waals surface area (Å²) in [6.45, 7) is 0.448. The van der Waals surface area contributed by atoms with Gasteiger partial charge in [-0.1, -0.05) is 12.1 Å². The van der Waals surface area contributed by atoms with Gasteiger partial charge < -0.3 is 5.32 Å². The van der Waals surface area contributed by atoms with Gasteiger partial charge in [0.1, 0.15) is 5.82 Å². The van der Waals surface area contributed by atoms with Crippen molar-refractivity contribution in [2.24, 2.45) is 0 Å². The molecule has 0 heterocycles. The summed E-state index contributed by atoms with van der Waals surface area (Å²) < 4.78 is 13.7. The zero-order valence-corrected chi connectivity index (χ0v) is 11.9. The molecule has 0 aliphatic rings. The van der Waals surface area contributed by atoms with Gasteiger partial charge in [0.2, 0.25) is 0 Å². The minimum atomic E-state index is -0.425. The molecule has 2 aromatic rings. The molecular formula is C13H10FIN2O2. The van der Waals surface area contributed by atoms with Crippen LogP contribution < -0.4 is 5.32 Å². The highest BCUT2D eigenvalue weighted by Crippen LogP contribution is 2.20. The number of anilines is 1. The van der Waals surface area contributed by atoms with Crippen LogP contribution in [0.3, 0.4) is 0 Å². The van der Waals surface area contributed by atoms with Crippen LogP contribution in [0.4, 0.5) is 15.8 Å². The van der Waals surface area contributed by atoms with Crippen molar-refractivity contribution in [3.05, 3.63) is 67.5 Å². The molecule has 0 aliphatic heterocycles. The van der Waals surface area contributed by atoms with E-state index in [4.69, 9.17) is 0 Å². The van der Waals surface area contributed by atoms with Crippen LogP contribution in [0.2, 0.25) is 0 Å². The third kappa shape index (κ3) is 3.63. The third-order valence-corrected chi connectivity index (χ3v) is 3.43. The molecule has 0 amide bonds. The van der Waals surface area contributed by atoms with Crippen molar-refractivity contribution in [1.82, 2.24) is 0 Å². The number of nitro benzene ring substituents is 1. The number of nitrogens with one attached hydrogen (secondary N) is 1. The van der Waals surface area contributed by atoms with Gasteiger partial charge >= 0.3 is 0 Å². The standard InChI is InChI=1S/C13H10FIN2O2/c14-10-4-5-13(12(15)7-10)16-8-9-2-1-3-11(6-9)17(18)19/h1-7,16H,8H2. The molecule has 6 heteroatoms. The summed E-state index contributed by atoms with van der Waals surface area (Å²) in [4.78, 5) is 10.2. The summed E-state index contributed by atoms with van der Waals surface area (Å²) in [6.07, 6.45) is 0. The number of benzene rings is 2. The van der Waals surface area contributed by atoms with E-state index < -0.39 is 4.92 Å². The molecule has 0 radical (unpaired) electrons. The monoisotopic (exact) mass is 372 g/mol. The second-order valence-corrected chi connectivity index (χ2v) is 5.07. The van der Waals surface area contributed by atoms with Crippen molar-refractivity contribution in [1.29, 1.82) is 0 Å². The van der Waals surface area contributed by atoms with Gasteiger partial charge in [-0.05, 0) is 46.4 Å². The first kappa shape index (κ1) is 13.7. The molecule has 0 aromatic heterocycles. The first-order chi connectivity index (χ1) is 9.06. The average Bonchev–Trinajstić information content (AvgIpc) is 2.38. The molecule has 0 saturated carbocycles. The highest BCUT2D eigenvalue weighted by atomic mass is 127.